The zero-order valence-corrected chi connectivity index (χ0v) is 8.90. The zero-order chi connectivity index (χ0) is 9.03. The Morgan fingerprint density at radius 2 is 1.67 bits per heavy atom. The van der Waals surface area contributed by atoms with Gasteiger partial charge in [-0.2, -0.15) is 0 Å². The van der Waals surface area contributed by atoms with Gasteiger partial charge in [0.05, 0.1) is 0 Å². The van der Waals surface area contributed by atoms with E-state index in [0.29, 0.717) is 5.41 Å². The Morgan fingerprint density at radius 3 is 2.17 bits per heavy atom. The van der Waals surface area contributed by atoms with Gasteiger partial charge in [0.2, 0.25) is 0 Å². The molecule has 1 fully saturated rings. The Labute approximate surface area is 77.7 Å². The predicted molar refractivity (Wildman–Crippen MR) is 54.9 cm³/mol. The molecule has 1 rings (SSSR count). The van der Waals surface area contributed by atoms with Gasteiger partial charge in [0.1, 0.15) is 0 Å². The number of hydrogen-bond acceptors (Lipinski definition) is 0. The van der Waals surface area contributed by atoms with Crippen molar-refractivity contribution >= 4 is 0 Å². The van der Waals surface area contributed by atoms with Crippen molar-refractivity contribution in [3.8, 4) is 0 Å². The summed E-state index contributed by atoms with van der Waals surface area (Å²) in [7, 11) is 0. The Kier molecular flexibility index (Phi) is 3.61. The van der Waals surface area contributed by atoms with Crippen molar-refractivity contribution in [1.29, 1.82) is 0 Å². The zero-order valence-electron chi connectivity index (χ0n) is 8.90. The van der Waals surface area contributed by atoms with Gasteiger partial charge in [-0.3, -0.25) is 0 Å². The maximum Gasteiger partial charge on any atom is -0.0350 e. The fourth-order valence-corrected chi connectivity index (χ4v) is 1.89. The average molecular weight is 167 g/mol. The quantitative estimate of drug-likeness (QED) is 0.578. The summed E-state index contributed by atoms with van der Waals surface area (Å²) in [4.78, 5) is 0. The molecule has 0 heterocycles. The first-order chi connectivity index (χ1) is 5.58. The molecule has 1 aliphatic carbocycles. The molecule has 0 amide bonds. The van der Waals surface area contributed by atoms with Gasteiger partial charge in [0.15, 0.2) is 0 Å². The van der Waals surface area contributed by atoms with Gasteiger partial charge in [-0.05, 0) is 24.2 Å². The molecule has 0 aromatic rings. The molecule has 0 aromatic carbocycles. The first-order valence-corrected chi connectivity index (χ1v) is 5.41. The molecule has 1 saturated carbocycles. The minimum absolute atomic E-state index is 0.497. The van der Waals surface area contributed by atoms with E-state index in [2.05, 4.69) is 27.2 Å². The Hall–Kier alpha value is 0. The van der Waals surface area contributed by atoms with E-state index in [1.165, 1.54) is 38.5 Å². The Balaban J connectivity index is 2.13. The van der Waals surface area contributed by atoms with E-state index in [1.54, 1.807) is 0 Å². The smallest absolute Gasteiger partial charge is 0.0350 e. The van der Waals surface area contributed by atoms with Crippen molar-refractivity contribution in [3.05, 3.63) is 6.42 Å². The Bertz CT molecular complexity index is 112. The maximum atomic E-state index is 2.57. The summed E-state index contributed by atoms with van der Waals surface area (Å²) in [6.45, 7) is 6.98. The van der Waals surface area contributed by atoms with Gasteiger partial charge in [0, 0.05) is 0 Å². The highest BCUT2D eigenvalue weighted by molar-refractivity contribution is 4.83. The third kappa shape index (κ3) is 4.13. The summed E-state index contributed by atoms with van der Waals surface area (Å²) in [6, 6.07) is 0. The van der Waals surface area contributed by atoms with Crippen LogP contribution in [0.1, 0.15) is 59.3 Å². The lowest BCUT2D eigenvalue weighted by Gasteiger charge is -2.25. The van der Waals surface area contributed by atoms with E-state index in [9.17, 15) is 0 Å². The van der Waals surface area contributed by atoms with Crippen LogP contribution >= 0.6 is 0 Å². The van der Waals surface area contributed by atoms with E-state index >= 15 is 0 Å². The summed E-state index contributed by atoms with van der Waals surface area (Å²) >= 11 is 0. The van der Waals surface area contributed by atoms with Crippen molar-refractivity contribution in [2.75, 3.05) is 0 Å². The second kappa shape index (κ2) is 4.30. The van der Waals surface area contributed by atoms with Gasteiger partial charge in [0.25, 0.3) is 0 Å². The largest absolute Gasteiger partial charge is 0.0602 e. The molecular weight excluding hydrogens is 144 g/mol. The van der Waals surface area contributed by atoms with Gasteiger partial charge >= 0.3 is 0 Å². The highest BCUT2D eigenvalue weighted by Gasteiger charge is 2.17. The highest BCUT2D eigenvalue weighted by Crippen LogP contribution is 2.30. The van der Waals surface area contributed by atoms with Crippen LogP contribution in [0.5, 0.6) is 0 Å². The molecule has 0 N–H and O–H groups in total. The average Bonchev–Trinajstić information content (AvgIpc) is 2.02. The van der Waals surface area contributed by atoms with E-state index in [4.69, 9.17) is 0 Å². The molecule has 71 valence electrons. The van der Waals surface area contributed by atoms with Crippen molar-refractivity contribution < 1.29 is 0 Å². The molecule has 12 heavy (non-hydrogen) atoms. The van der Waals surface area contributed by atoms with Crippen LogP contribution in [0.3, 0.4) is 0 Å². The molecule has 0 nitrogen and oxygen atoms in total. The minimum atomic E-state index is 0.497. The first kappa shape index (κ1) is 10.1. The highest BCUT2D eigenvalue weighted by atomic mass is 14.2. The molecule has 0 spiro atoms. The number of rotatable bonds is 2. The molecule has 0 bridgehead atoms. The molecule has 0 aromatic heterocycles. The van der Waals surface area contributed by atoms with E-state index in [0.717, 1.165) is 5.92 Å². The molecule has 0 unspecified atom stereocenters. The molecule has 0 aliphatic heterocycles. The van der Waals surface area contributed by atoms with Crippen LogP contribution in [0.2, 0.25) is 0 Å². The summed E-state index contributed by atoms with van der Waals surface area (Å²) in [5, 5.41) is 0. The lowest BCUT2D eigenvalue weighted by atomic mass is 9.81. The van der Waals surface area contributed by atoms with Crippen LogP contribution in [0.25, 0.3) is 0 Å². The summed E-state index contributed by atoms with van der Waals surface area (Å²) in [5.41, 5.74) is 0.497. The second-order valence-corrected chi connectivity index (χ2v) is 5.40. The molecule has 0 saturated heterocycles. The van der Waals surface area contributed by atoms with Crippen molar-refractivity contribution in [2.24, 2.45) is 11.3 Å². The van der Waals surface area contributed by atoms with E-state index < -0.39 is 0 Å². The van der Waals surface area contributed by atoms with Crippen molar-refractivity contribution in [1.82, 2.24) is 0 Å². The van der Waals surface area contributed by atoms with E-state index in [1.807, 2.05) is 0 Å². The standard InChI is InChI=1S/C12H23/c1-12(2,3)10-9-11-7-5-4-6-8-11/h9,11H,4-8,10H2,1-3H3. The normalized spacial score (nSPS) is 21.2. The topological polar surface area (TPSA) is 0 Å². The molecule has 1 radical (unpaired) electrons. The lowest BCUT2D eigenvalue weighted by Crippen LogP contribution is -2.12. The molecular formula is C12H23. The fourth-order valence-electron chi connectivity index (χ4n) is 1.89. The van der Waals surface area contributed by atoms with Gasteiger partial charge in [-0.1, -0.05) is 52.9 Å². The molecule has 0 atom stereocenters. The fraction of sp³-hybridized carbons (Fsp3) is 0.917. The maximum absolute atomic E-state index is 2.57. The van der Waals surface area contributed by atoms with Crippen LogP contribution in [0.4, 0.5) is 0 Å². The number of hydrogen-bond donors (Lipinski definition) is 0. The van der Waals surface area contributed by atoms with Crippen LogP contribution < -0.4 is 0 Å². The van der Waals surface area contributed by atoms with Gasteiger partial charge in [-0.15, -0.1) is 0 Å². The van der Waals surface area contributed by atoms with Crippen molar-refractivity contribution in [2.45, 2.75) is 59.3 Å². The summed E-state index contributed by atoms with van der Waals surface area (Å²) in [5.74, 6) is 0.943. The van der Waals surface area contributed by atoms with Crippen LogP contribution in [0.15, 0.2) is 0 Å². The van der Waals surface area contributed by atoms with Crippen LogP contribution in [-0.2, 0) is 0 Å². The first-order valence-electron chi connectivity index (χ1n) is 5.41. The third-order valence-electron chi connectivity index (χ3n) is 2.71. The second-order valence-electron chi connectivity index (χ2n) is 5.40. The van der Waals surface area contributed by atoms with E-state index in [-0.39, 0.29) is 0 Å². The SMILES string of the molecule is CC(C)(C)C[CH]C1CCCCC1. The van der Waals surface area contributed by atoms with Crippen molar-refractivity contribution in [3.63, 3.8) is 0 Å². The van der Waals surface area contributed by atoms with Crippen LogP contribution in [-0.4, -0.2) is 0 Å². The summed E-state index contributed by atoms with van der Waals surface area (Å²) < 4.78 is 0. The summed E-state index contributed by atoms with van der Waals surface area (Å²) in [6.07, 6.45) is 11.2. The predicted octanol–water partition coefficient (Wildman–Crippen LogP) is 4.21. The Morgan fingerprint density at radius 1 is 1.08 bits per heavy atom. The lowest BCUT2D eigenvalue weighted by molar-refractivity contribution is 0.338. The minimum Gasteiger partial charge on any atom is -0.0602 e. The van der Waals surface area contributed by atoms with Gasteiger partial charge in [-0.25, -0.2) is 0 Å². The van der Waals surface area contributed by atoms with Gasteiger partial charge < -0.3 is 0 Å². The third-order valence-corrected chi connectivity index (χ3v) is 2.71. The molecule has 0 heteroatoms. The monoisotopic (exact) mass is 167 g/mol. The van der Waals surface area contributed by atoms with Crippen LogP contribution in [0, 0.1) is 17.8 Å². The molecule has 1 aliphatic rings.